The van der Waals surface area contributed by atoms with Crippen molar-refractivity contribution in [2.24, 2.45) is 5.92 Å². The first-order valence-corrected chi connectivity index (χ1v) is 8.91. The fraction of sp³-hybridized carbons (Fsp3) is 0.917. The van der Waals surface area contributed by atoms with Crippen LogP contribution in [0.2, 0.25) is 0 Å². The van der Waals surface area contributed by atoms with E-state index >= 15 is 0 Å². The number of halogens is 1. The smallest absolute Gasteiger partial charge is 0.220 e. The van der Waals surface area contributed by atoms with Crippen LogP contribution in [0.5, 0.6) is 0 Å². The van der Waals surface area contributed by atoms with Crippen LogP contribution in [0.15, 0.2) is 0 Å². The lowest BCUT2D eigenvalue weighted by molar-refractivity contribution is -0.122. The van der Waals surface area contributed by atoms with E-state index in [1.54, 1.807) is 0 Å². The molecular weight excluding hydrogens is 333 g/mol. The molecule has 94 valence electrons. The van der Waals surface area contributed by atoms with Crippen molar-refractivity contribution >= 4 is 40.3 Å². The number of unbranched alkanes of at least 4 members (excludes halogenated alkanes) is 2. The highest BCUT2D eigenvalue weighted by Crippen LogP contribution is 2.24. The van der Waals surface area contributed by atoms with Crippen LogP contribution in [0.1, 0.15) is 38.5 Å². The van der Waals surface area contributed by atoms with Crippen LogP contribution in [0, 0.1) is 5.92 Å². The zero-order valence-electron chi connectivity index (χ0n) is 9.84. The number of hydrogen-bond donors (Lipinski definition) is 1. The number of thioether (sulfide) groups is 1. The molecule has 1 rings (SSSR count). The molecule has 2 nitrogen and oxygen atoms in total. The number of rotatable bonds is 7. The van der Waals surface area contributed by atoms with Crippen LogP contribution in [0.3, 0.4) is 0 Å². The lowest BCUT2D eigenvalue weighted by Gasteiger charge is -2.20. The quantitative estimate of drug-likeness (QED) is 0.432. The van der Waals surface area contributed by atoms with Gasteiger partial charge in [0.15, 0.2) is 0 Å². The fourth-order valence-corrected chi connectivity index (χ4v) is 3.65. The highest BCUT2D eigenvalue weighted by Gasteiger charge is 2.16. The summed E-state index contributed by atoms with van der Waals surface area (Å²) in [6.07, 6.45) is 6.86. The minimum absolute atomic E-state index is 0.270. The molecule has 1 fully saturated rings. The number of alkyl halides is 1. The molecule has 1 amide bonds. The molecule has 0 aromatic carbocycles. The van der Waals surface area contributed by atoms with E-state index < -0.39 is 0 Å². The van der Waals surface area contributed by atoms with Gasteiger partial charge in [-0.1, -0.05) is 29.0 Å². The Bertz CT molecular complexity index is 195. The summed E-state index contributed by atoms with van der Waals surface area (Å²) >= 11 is 4.42. The Labute approximate surface area is 117 Å². The van der Waals surface area contributed by atoms with Crippen LogP contribution in [0.4, 0.5) is 0 Å². The molecule has 0 bridgehead atoms. The molecule has 1 aliphatic heterocycles. The van der Waals surface area contributed by atoms with Crippen molar-refractivity contribution in [1.82, 2.24) is 5.32 Å². The Hall–Kier alpha value is 0.550. The first kappa shape index (κ1) is 14.6. The standard InChI is InChI=1S/C12H22INOS/c13-6-2-1-3-7-14-12(15)10-11-4-8-16-9-5-11/h11H,1-10H2,(H,14,15). The van der Waals surface area contributed by atoms with Gasteiger partial charge >= 0.3 is 0 Å². The van der Waals surface area contributed by atoms with Crippen molar-refractivity contribution < 1.29 is 4.79 Å². The average Bonchev–Trinajstić information content (AvgIpc) is 2.30. The lowest BCUT2D eigenvalue weighted by Crippen LogP contribution is -2.27. The second-order valence-corrected chi connectivity index (χ2v) is 6.66. The van der Waals surface area contributed by atoms with E-state index in [1.807, 2.05) is 11.8 Å². The summed E-state index contributed by atoms with van der Waals surface area (Å²) in [5.74, 6) is 3.41. The highest BCUT2D eigenvalue weighted by molar-refractivity contribution is 14.1. The second kappa shape index (κ2) is 9.57. The molecule has 16 heavy (non-hydrogen) atoms. The maximum Gasteiger partial charge on any atom is 0.220 e. The fourth-order valence-electron chi connectivity index (χ4n) is 1.91. The maximum absolute atomic E-state index is 11.6. The Kier molecular flexibility index (Phi) is 8.74. The van der Waals surface area contributed by atoms with Gasteiger partial charge in [-0.2, -0.15) is 11.8 Å². The predicted molar refractivity (Wildman–Crippen MR) is 80.4 cm³/mol. The van der Waals surface area contributed by atoms with Crippen molar-refractivity contribution in [2.75, 3.05) is 22.5 Å². The van der Waals surface area contributed by atoms with Crippen molar-refractivity contribution in [3.8, 4) is 0 Å². The van der Waals surface area contributed by atoms with E-state index in [4.69, 9.17) is 0 Å². The van der Waals surface area contributed by atoms with Gasteiger partial charge in [0.2, 0.25) is 5.91 Å². The van der Waals surface area contributed by atoms with Gasteiger partial charge < -0.3 is 5.32 Å². The van der Waals surface area contributed by atoms with Gasteiger partial charge in [0.05, 0.1) is 0 Å². The van der Waals surface area contributed by atoms with E-state index in [0.29, 0.717) is 5.92 Å². The number of nitrogens with one attached hydrogen (secondary N) is 1. The van der Waals surface area contributed by atoms with Gasteiger partial charge in [-0.25, -0.2) is 0 Å². The summed E-state index contributed by atoms with van der Waals surface area (Å²) in [6, 6.07) is 0. The zero-order chi connectivity index (χ0) is 11.6. The first-order valence-electron chi connectivity index (χ1n) is 6.23. The Morgan fingerprint density at radius 2 is 2.00 bits per heavy atom. The van der Waals surface area contributed by atoms with Gasteiger partial charge in [-0.3, -0.25) is 4.79 Å². The maximum atomic E-state index is 11.6. The molecular formula is C12H22INOS. The summed E-state index contributed by atoms with van der Waals surface area (Å²) < 4.78 is 1.23. The van der Waals surface area contributed by atoms with E-state index in [0.717, 1.165) is 19.4 Å². The second-order valence-electron chi connectivity index (χ2n) is 4.36. The molecule has 0 atom stereocenters. The zero-order valence-corrected chi connectivity index (χ0v) is 12.8. The lowest BCUT2D eigenvalue weighted by atomic mass is 9.98. The van der Waals surface area contributed by atoms with Gasteiger partial charge in [0.25, 0.3) is 0 Å². The molecule has 1 aliphatic rings. The molecule has 0 unspecified atom stereocenters. The molecule has 0 aromatic rings. The summed E-state index contributed by atoms with van der Waals surface area (Å²) in [5, 5.41) is 3.04. The van der Waals surface area contributed by atoms with E-state index in [1.165, 1.54) is 41.6 Å². The average molecular weight is 355 g/mol. The Morgan fingerprint density at radius 3 is 2.69 bits per heavy atom. The topological polar surface area (TPSA) is 29.1 Å². The van der Waals surface area contributed by atoms with Crippen LogP contribution in [0.25, 0.3) is 0 Å². The van der Waals surface area contributed by atoms with Crippen molar-refractivity contribution in [2.45, 2.75) is 38.5 Å². The van der Waals surface area contributed by atoms with Crippen LogP contribution in [-0.4, -0.2) is 28.4 Å². The monoisotopic (exact) mass is 355 g/mol. The molecule has 0 saturated carbocycles. The SMILES string of the molecule is O=C(CC1CCSCC1)NCCCCCI. The molecule has 4 heteroatoms. The van der Waals surface area contributed by atoms with Gasteiger partial charge in [-0.15, -0.1) is 0 Å². The van der Waals surface area contributed by atoms with E-state index in [-0.39, 0.29) is 5.91 Å². The van der Waals surface area contributed by atoms with Gasteiger partial charge in [-0.05, 0) is 47.5 Å². The predicted octanol–water partition coefficient (Wildman–Crippen LogP) is 3.24. The number of hydrogen-bond acceptors (Lipinski definition) is 2. The van der Waals surface area contributed by atoms with E-state index in [2.05, 4.69) is 27.9 Å². The van der Waals surface area contributed by atoms with Crippen molar-refractivity contribution in [3.63, 3.8) is 0 Å². The molecule has 0 spiro atoms. The number of carbonyl (C=O) groups is 1. The van der Waals surface area contributed by atoms with Crippen LogP contribution in [-0.2, 0) is 4.79 Å². The van der Waals surface area contributed by atoms with Crippen LogP contribution < -0.4 is 5.32 Å². The number of amides is 1. The third-order valence-corrected chi connectivity index (χ3v) is 4.76. The molecule has 0 radical (unpaired) electrons. The Balaban J connectivity index is 1.97. The van der Waals surface area contributed by atoms with Gasteiger partial charge in [0.1, 0.15) is 0 Å². The summed E-state index contributed by atoms with van der Waals surface area (Å²) in [5.41, 5.74) is 0. The third-order valence-electron chi connectivity index (χ3n) is 2.95. The molecule has 0 aromatic heterocycles. The van der Waals surface area contributed by atoms with Crippen LogP contribution >= 0.6 is 34.4 Å². The molecule has 0 aliphatic carbocycles. The molecule has 1 saturated heterocycles. The first-order chi connectivity index (χ1) is 7.83. The largest absolute Gasteiger partial charge is 0.356 e. The number of carbonyl (C=O) groups excluding carboxylic acids is 1. The third kappa shape index (κ3) is 6.99. The van der Waals surface area contributed by atoms with Crippen molar-refractivity contribution in [3.05, 3.63) is 0 Å². The van der Waals surface area contributed by atoms with E-state index in [9.17, 15) is 4.79 Å². The summed E-state index contributed by atoms with van der Waals surface area (Å²) in [6.45, 7) is 0.872. The summed E-state index contributed by atoms with van der Waals surface area (Å²) in [4.78, 5) is 11.6. The molecule has 1 heterocycles. The minimum Gasteiger partial charge on any atom is -0.356 e. The molecule has 1 N–H and O–H groups in total. The Morgan fingerprint density at radius 1 is 1.25 bits per heavy atom. The normalized spacial score (nSPS) is 17.3. The summed E-state index contributed by atoms with van der Waals surface area (Å²) in [7, 11) is 0. The van der Waals surface area contributed by atoms with Gasteiger partial charge in [0, 0.05) is 13.0 Å². The highest BCUT2D eigenvalue weighted by atomic mass is 127. The minimum atomic E-state index is 0.270. The van der Waals surface area contributed by atoms with Crippen molar-refractivity contribution in [1.29, 1.82) is 0 Å².